The number of hydrogen-bond acceptors (Lipinski definition) is 2. The molecule has 0 fully saturated rings. The Kier molecular flexibility index (Phi) is 9.32. The first-order chi connectivity index (χ1) is 7.70. The lowest BCUT2D eigenvalue weighted by Gasteiger charge is -1.95. The predicted octanol–water partition coefficient (Wildman–Crippen LogP) is 2.32. The van der Waals surface area contributed by atoms with Crippen LogP contribution >= 0.6 is 0 Å². The van der Waals surface area contributed by atoms with E-state index in [0.29, 0.717) is 6.42 Å². The van der Waals surface area contributed by atoms with Crippen LogP contribution in [0.25, 0.3) is 0 Å². The van der Waals surface area contributed by atoms with E-state index in [-0.39, 0.29) is 6.42 Å². The topological polar surface area (TPSA) is 49.3 Å². The van der Waals surface area contributed by atoms with E-state index >= 15 is 0 Å². The average Bonchev–Trinajstić information content (AvgIpc) is 2.30. The van der Waals surface area contributed by atoms with Crippen LogP contribution in [-0.2, 0) is 11.2 Å². The van der Waals surface area contributed by atoms with Crippen molar-refractivity contribution < 1.29 is 9.90 Å². The summed E-state index contributed by atoms with van der Waals surface area (Å²) in [6.45, 7) is 3.29. The van der Waals surface area contributed by atoms with Gasteiger partial charge in [-0.15, -0.1) is 0 Å². The van der Waals surface area contributed by atoms with Gasteiger partial charge in [0.05, 0.1) is 0 Å². The van der Waals surface area contributed by atoms with Gasteiger partial charge < -0.3 is 10.4 Å². The van der Waals surface area contributed by atoms with E-state index < -0.39 is 5.97 Å². The maximum atomic E-state index is 10.2. The lowest BCUT2D eigenvalue weighted by molar-refractivity contribution is -0.136. The molecule has 0 spiro atoms. The molecule has 0 bridgehead atoms. The fourth-order valence-corrected chi connectivity index (χ4v) is 1.15. The first kappa shape index (κ1) is 14.6. The molecule has 0 saturated carbocycles. The zero-order chi connectivity index (χ0) is 12.2. The van der Waals surface area contributed by atoms with Crippen LogP contribution in [-0.4, -0.2) is 24.7 Å². The smallest absolute Gasteiger partial charge is 0.303 e. The second kappa shape index (κ2) is 10.2. The fraction of sp³-hybridized carbons (Fsp3) is 0.462. The van der Waals surface area contributed by atoms with Crippen molar-refractivity contribution in [1.29, 1.82) is 0 Å². The van der Waals surface area contributed by atoms with Crippen LogP contribution < -0.4 is 5.32 Å². The highest BCUT2D eigenvalue weighted by Crippen LogP contribution is 2.01. The van der Waals surface area contributed by atoms with Crippen molar-refractivity contribution in [1.82, 2.24) is 5.32 Å². The van der Waals surface area contributed by atoms with E-state index in [1.54, 1.807) is 0 Å². The minimum atomic E-state index is -0.742. The van der Waals surface area contributed by atoms with E-state index in [0.717, 1.165) is 12.1 Å². The van der Waals surface area contributed by atoms with Crippen molar-refractivity contribution in [2.75, 3.05) is 13.6 Å². The second-order valence-corrected chi connectivity index (χ2v) is 3.48. The summed E-state index contributed by atoms with van der Waals surface area (Å²) in [5.74, 6) is -0.742. The Hall–Kier alpha value is -1.35. The minimum absolute atomic E-state index is 0.212. The molecule has 3 heteroatoms. The lowest BCUT2D eigenvalue weighted by Crippen LogP contribution is -2.04. The minimum Gasteiger partial charge on any atom is -0.481 e. The average molecular weight is 223 g/mol. The SMILES string of the molecule is CCCNC.O=C(O)CCc1ccccc1. The van der Waals surface area contributed by atoms with Gasteiger partial charge in [0.25, 0.3) is 0 Å². The lowest BCUT2D eigenvalue weighted by atomic mass is 10.1. The normalized spacial score (nSPS) is 9.12. The Labute approximate surface area is 97.5 Å². The van der Waals surface area contributed by atoms with E-state index in [2.05, 4.69) is 12.2 Å². The zero-order valence-electron chi connectivity index (χ0n) is 10.1. The molecule has 0 amide bonds. The number of carboxylic acid groups (broad SMARTS) is 1. The summed E-state index contributed by atoms with van der Waals surface area (Å²) in [5, 5.41) is 11.4. The van der Waals surface area contributed by atoms with Crippen LogP contribution in [0.4, 0.5) is 0 Å². The summed E-state index contributed by atoms with van der Waals surface area (Å²) in [4.78, 5) is 10.2. The Morgan fingerprint density at radius 1 is 1.31 bits per heavy atom. The standard InChI is InChI=1S/C9H10O2.C4H11N/c10-9(11)7-6-8-4-2-1-3-5-8;1-3-4-5-2/h1-5H,6-7H2,(H,10,11);5H,3-4H2,1-2H3. The monoisotopic (exact) mass is 223 g/mol. The summed E-state index contributed by atoms with van der Waals surface area (Å²) in [6.07, 6.45) is 2.07. The Bertz CT molecular complexity index is 271. The van der Waals surface area contributed by atoms with Gasteiger partial charge in [0.1, 0.15) is 0 Å². The predicted molar refractivity (Wildman–Crippen MR) is 66.6 cm³/mol. The third-order valence-corrected chi connectivity index (χ3v) is 1.97. The molecule has 0 aliphatic heterocycles. The maximum absolute atomic E-state index is 10.2. The van der Waals surface area contributed by atoms with Crippen molar-refractivity contribution in [3.63, 3.8) is 0 Å². The Morgan fingerprint density at radius 3 is 2.31 bits per heavy atom. The van der Waals surface area contributed by atoms with Crippen LogP contribution in [0.15, 0.2) is 30.3 Å². The highest BCUT2D eigenvalue weighted by atomic mass is 16.4. The van der Waals surface area contributed by atoms with E-state index in [1.165, 1.54) is 6.42 Å². The molecule has 16 heavy (non-hydrogen) atoms. The summed E-state index contributed by atoms with van der Waals surface area (Å²) in [6, 6.07) is 9.62. The largest absolute Gasteiger partial charge is 0.481 e. The summed E-state index contributed by atoms with van der Waals surface area (Å²) in [5.41, 5.74) is 1.08. The van der Waals surface area contributed by atoms with Gasteiger partial charge in [-0.2, -0.15) is 0 Å². The molecule has 2 N–H and O–H groups in total. The summed E-state index contributed by atoms with van der Waals surface area (Å²) in [7, 11) is 1.96. The van der Waals surface area contributed by atoms with Crippen LogP contribution in [0.2, 0.25) is 0 Å². The van der Waals surface area contributed by atoms with Gasteiger partial charge in [-0.25, -0.2) is 0 Å². The summed E-state index contributed by atoms with van der Waals surface area (Å²) >= 11 is 0. The van der Waals surface area contributed by atoms with Gasteiger partial charge in [0.15, 0.2) is 0 Å². The van der Waals surface area contributed by atoms with Crippen molar-refractivity contribution >= 4 is 5.97 Å². The number of aliphatic carboxylic acids is 1. The van der Waals surface area contributed by atoms with Crippen molar-refractivity contribution in [2.24, 2.45) is 0 Å². The molecule has 0 unspecified atom stereocenters. The number of rotatable bonds is 5. The molecule has 0 heterocycles. The molecule has 3 nitrogen and oxygen atoms in total. The molecule has 0 aromatic heterocycles. The number of carboxylic acids is 1. The fourth-order valence-electron chi connectivity index (χ4n) is 1.15. The van der Waals surface area contributed by atoms with Crippen LogP contribution in [0.3, 0.4) is 0 Å². The van der Waals surface area contributed by atoms with Crippen molar-refractivity contribution in [3.05, 3.63) is 35.9 Å². The highest BCUT2D eigenvalue weighted by Gasteiger charge is 1.96. The summed E-state index contributed by atoms with van der Waals surface area (Å²) < 4.78 is 0. The zero-order valence-corrected chi connectivity index (χ0v) is 10.1. The van der Waals surface area contributed by atoms with E-state index in [4.69, 9.17) is 5.11 Å². The first-order valence-corrected chi connectivity index (χ1v) is 5.61. The molecular weight excluding hydrogens is 202 g/mol. The Balaban J connectivity index is 0.000000385. The number of benzene rings is 1. The molecule has 0 saturated heterocycles. The van der Waals surface area contributed by atoms with Gasteiger partial charge in [-0.1, -0.05) is 37.3 Å². The highest BCUT2D eigenvalue weighted by molar-refractivity contribution is 5.67. The Morgan fingerprint density at radius 2 is 1.94 bits per heavy atom. The van der Waals surface area contributed by atoms with Crippen molar-refractivity contribution in [2.45, 2.75) is 26.2 Å². The van der Waals surface area contributed by atoms with Crippen LogP contribution in [0, 0.1) is 0 Å². The quantitative estimate of drug-likeness (QED) is 0.805. The third kappa shape index (κ3) is 9.21. The second-order valence-electron chi connectivity index (χ2n) is 3.48. The maximum Gasteiger partial charge on any atom is 0.303 e. The molecule has 0 aliphatic carbocycles. The molecular formula is C13H21NO2. The van der Waals surface area contributed by atoms with Gasteiger partial charge in [0, 0.05) is 6.42 Å². The van der Waals surface area contributed by atoms with Gasteiger partial charge in [-0.05, 0) is 32.0 Å². The van der Waals surface area contributed by atoms with Gasteiger partial charge >= 0.3 is 5.97 Å². The van der Waals surface area contributed by atoms with E-state index in [9.17, 15) is 4.79 Å². The molecule has 1 aromatic rings. The first-order valence-electron chi connectivity index (χ1n) is 5.61. The molecule has 0 radical (unpaired) electrons. The number of aryl methyl sites for hydroxylation is 1. The van der Waals surface area contributed by atoms with Gasteiger partial charge in [0.2, 0.25) is 0 Å². The molecule has 0 atom stereocenters. The van der Waals surface area contributed by atoms with Crippen LogP contribution in [0.5, 0.6) is 0 Å². The molecule has 1 rings (SSSR count). The van der Waals surface area contributed by atoms with E-state index in [1.807, 2.05) is 37.4 Å². The number of carbonyl (C=O) groups is 1. The number of nitrogens with one attached hydrogen (secondary N) is 1. The molecule has 0 aliphatic rings. The number of hydrogen-bond donors (Lipinski definition) is 2. The van der Waals surface area contributed by atoms with Gasteiger partial charge in [-0.3, -0.25) is 4.79 Å². The van der Waals surface area contributed by atoms with Crippen molar-refractivity contribution in [3.8, 4) is 0 Å². The molecule has 90 valence electrons. The third-order valence-electron chi connectivity index (χ3n) is 1.97. The van der Waals surface area contributed by atoms with Crippen LogP contribution in [0.1, 0.15) is 25.3 Å². The molecule has 1 aromatic carbocycles.